The van der Waals surface area contributed by atoms with Crippen LogP contribution in [0.15, 0.2) is 28.8 Å². The number of hydrogen-bond donors (Lipinski definition) is 2. The summed E-state index contributed by atoms with van der Waals surface area (Å²) in [7, 11) is 1.31. The summed E-state index contributed by atoms with van der Waals surface area (Å²) in [6.07, 6.45) is 1.48. The number of carbonyl (C=O) groups is 1. The SMILES string of the molecule is COC(=O)c1cc(N)cnc1NC(C)c1ccc(C)o1. The topological polar surface area (TPSA) is 90.4 Å². The molecule has 0 aliphatic carbocycles. The highest BCUT2D eigenvalue weighted by Gasteiger charge is 2.17. The van der Waals surface area contributed by atoms with Crippen LogP contribution in [-0.4, -0.2) is 18.1 Å². The minimum atomic E-state index is -0.491. The summed E-state index contributed by atoms with van der Waals surface area (Å²) in [5, 5.41) is 3.12. The van der Waals surface area contributed by atoms with Gasteiger partial charge in [0.25, 0.3) is 0 Å². The minimum Gasteiger partial charge on any atom is -0.465 e. The van der Waals surface area contributed by atoms with Crippen molar-refractivity contribution in [1.29, 1.82) is 0 Å². The van der Waals surface area contributed by atoms with E-state index in [1.807, 2.05) is 26.0 Å². The first-order chi connectivity index (χ1) is 9.51. The van der Waals surface area contributed by atoms with Crippen molar-refractivity contribution in [3.63, 3.8) is 0 Å². The molecule has 2 rings (SSSR count). The van der Waals surface area contributed by atoms with E-state index in [1.54, 1.807) is 0 Å². The number of nitrogens with zero attached hydrogens (tertiary/aromatic N) is 1. The Labute approximate surface area is 116 Å². The number of aryl methyl sites for hydroxylation is 1. The number of furan rings is 1. The molecule has 1 unspecified atom stereocenters. The standard InChI is InChI=1S/C14H17N3O3/c1-8-4-5-12(20-8)9(2)17-13-11(14(18)19-3)6-10(15)7-16-13/h4-7,9H,15H2,1-3H3,(H,16,17). The monoisotopic (exact) mass is 275 g/mol. The Kier molecular flexibility index (Phi) is 3.93. The molecule has 2 aromatic heterocycles. The molecule has 2 aromatic rings. The second-order valence-corrected chi connectivity index (χ2v) is 4.47. The average Bonchev–Trinajstić information content (AvgIpc) is 2.86. The second-order valence-electron chi connectivity index (χ2n) is 4.47. The summed E-state index contributed by atoms with van der Waals surface area (Å²) in [4.78, 5) is 15.9. The zero-order valence-electron chi connectivity index (χ0n) is 11.6. The highest BCUT2D eigenvalue weighted by atomic mass is 16.5. The lowest BCUT2D eigenvalue weighted by molar-refractivity contribution is 0.0601. The van der Waals surface area contributed by atoms with E-state index >= 15 is 0 Å². The number of nitrogens with two attached hydrogens (primary N) is 1. The largest absolute Gasteiger partial charge is 0.465 e. The van der Waals surface area contributed by atoms with Crippen molar-refractivity contribution < 1.29 is 13.9 Å². The third kappa shape index (κ3) is 2.90. The van der Waals surface area contributed by atoms with Crippen LogP contribution in [0.5, 0.6) is 0 Å². The minimum absolute atomic E-state index is 0.136. The first-order valence-electron chi connectivity index (χ1n) is 6.18. The number of carbonyl (C=O) groups excluding carboxylic acids is 1. The molecule has 0 spiro atoms. The van der Waals surface area contributed by atoms with Crippen LogP contribution in [-0.2, 0) is 4.74 Å². The van der Waals surface area contributed by atoms with Crippen molar-refractivity contribution in [3.8, 4) is 0 Å². The van der Waals surface area contributed by atoms with Gasteiger partial charge in [0.15, 0.2) is 0 Å². The van der Waals surface area contributed by atoms with Gasteiger partial charge >= 0.3 is 5.97 Å². The van der Waals surface area contributed by atoms with E-state index in [1.165, 1.54) is 19.4 Å². The van der Waals surface area contributed by atoms with E-state index in [-0.39, 0.29) is 6.04 Å². The maximum absolute atomic E-state index is 11.7. The lowest BCUT2D eigenvalue weighted by Gasteiger charge is -2.15. The van der Waals surface area contributed by atoms with Crippen LogP contribution in [0.1, 0.15) is 34.8 Å². The normalized spacial score (nSPS) is 11.9. The van der Waals surface area contributed by atoms with Crippen molar-refractivity contribution in [1.82, 2.24) is 4.98 Å². The van der Waals surface area contributed by atoms with Gasteiger partial charge in [-0.2, -0.15) is 0 Å². The molecule has 0 radical (unpaired) electrons. The predicted molar refractivity (Wildman–Crippen MR) is 75.5 cm³/mol. The number of nitrogens with one attached hydrogen (secondary N) is 1. The molecule has 0 saturated heterocycles. The van der Waals surface area contributed by atoms with Gasteiger partial charge in [0.1, 0.15) is 22.9 Å². The number of nitrogen functional groups attached to an aromatic ring is 1. The molecule has 106 valence electrons. The van der Waals surface area contributed by atoms with Crippen molar-refractivity contribution in [3.05, 3.63) is 41.5 Å². The van der Waals surface area contributed by atoms with Gasteiger partial charge in [-0.1, -0.05) is 0 Å². The molecular formula is C14H17N3O3. The smallest absolute Gasteiger partial charge is 0.341 e. The Balaban J connectivity index is 2.26. The number of ether oxygens (including phenoxy) is 1. The third-order valence-electron chi connectivity index (χ3n) is 2.86. The molecule has 20 heavy (non-hydrogen) atoms. The molecule has 0 bridgehead atoms. The number of hydrogen-bond acceptors (Lipinski definition) is 6. The summed E-state index contributed by atoms with van der Waals surface area (Å²) in [5.41, 5.74) is 6.34. The van der Waals surface area contributed by atoms with Crippen LogP contribution in [0.25, 0.3) is 0 Å². The van der Waals surface area contributed by atoms with Gasteiger partial charge in [0, 0.05) is 0 Å². The van der Waals surface area contributed by atoms with Crippen LogP contribution in [0, 0.1) is 6.92 Å². The average molecular weight is 275 g/mol. The summed E-state index contributed by atoms with van der Waals surface area (Å²) in [6, 6.07) is 5.15. The van der Waals surface area contributed by atoms with Crippen LogP contribution in [0.2, 0.25) is 0 Å². The Hall–Kier alpha value is -2.50. The van der Waals surface area contributed by atoms with Crippen LogP contribution >= 0.6 is 0 Å². The highest BCUT2D eigenvalue weighted by Crippen LogP contribution is 2.23. The highest BCUT2D eigenvalue weighted by molar-refractivity contribution is 5.95. The maximum atomic E-state index is 11.7. The zero-order chi connectivity index (χ0) is 14.7. The van der Waals surface area contributed by atoms with Gasteiger partial charge in [-0.15, -0.1) is 0 Å². The molecule has 0 amide bonds. The molecule has 2 heterocycles. The van der Waals surface area contributed by atoms with E-state index < -0.39 is 5.97 Å². The number of esters is 1. The maximum Gasteiger partial charge on any atom is 0.341 e. The first-order valence-corrected chi connectivity index (χ1v) is 6.18. The Morgan fingerprint density at radius 1 is 1.50 bits per heavy atom. The van der Waals surface area contributed by atoms with Crippen LogP contribution in [0.3, 0.4) is 0 Å². The molecule has 0 aliphatic heterocycles. The van der Waals surface area contributed by atoms with Gasteiger partial charge in [-0.25, -0.2) is 9.78 Å². The molecule has 0 aliphatic rings. The molecular weight excluding hydrogens is 258 g/mol. The van der Waals surface area contributed by atoms with E-state index in [9.17, 15) is 4.79 Å². The third-order valence-corrected chi connectivity index (χ3v) is 2.86. The van der Waals surface area contributed by atoms with Gasteiger partial charge in [-0.05, 0) is 32.0 Å². The van der Waals surface area contributed by atoms with Crippen molar-refractivity contribution in [2.45, 2.75) is 19.9 Å². The molecule has 0 aromatic carbocycles. The van der Waals surface area contributed by atoms with Crippen molar-refractivity contribution >= 4 is 17.5 Å². The zero-order valence-corrected chi connectivity index (χ0v) is 11.6. The van der Waals surface area contributed by atoms with Gasteiger partial charge in [-0.3, -0.25) is 0 Å². The van der Waals surface area contributed by atoms with Crippen molar-refractivity contribution in [2.24, 2.45) is 0 Å². The lowest BCUT2D eigenvalue weighted by atomic mass is 10.2. The second kappa shape index (κ2) is 5.64. The molecule has 6 nitrogen and oxygen atoms in total. The molecule has 0 fully saturated rings. The Bertz CT molecular complexity index is 622. The number of aromatic nitrogens is 1. The Morgan fingerprint density at radius 2 is 2.25 bits per heavy atom. The van der Waals surface area contributed by atoms with Crippen LogP contribution in [0.4, 0.5) is 11.5 Å². The van der Waals surface area contributed by atoms with Crippen molar-refractivity contribution in [2.75, 3.05) is 18.2 Å². The van der Waals surface area contributed by atoms with E-state index in [4.69, 9.17) is 14.9 Å². The fourth-order valence-electron chi connectivity index (χ4n) is 1.82. The van der Waals surface area contributed by atoms with Gasteiger partial charge < -0.3 is 20.2 Å². The van der Waals surface area contributed by atoms with Crippen LogP contribution < -0.4 is 11.1 Å². The first kappa shape index (κ1) is 13.9. The molecule has 0 saturated carbocycles. The molecule has 6 heteroatoms. The molecule has 1 atom stereocenters. The lowest BCUT2D eigenvalue weighted by Crippen LogP contribution is -2.13. The van der Waals surface area contributed by atoms with E-state index in [0.29, 0.717) is 17.1 Å². The number of anilines is 2. The summed E-state index contributed by atoms with van der Waals surface area (Å²) >= 11 is 0. The van der Waals surface area contributed by atoms with E-state index in [0.717, 1.165) is 11.5 Å². The van der Waals surface area contributed by atoms with E-state index in [2.05, 4.69) is 10.3 Å². The number of methoxy groups -OCH3 is 1. The van der Waals surface area contributed by atoms with Gasteiger partial charge in [0.2, 0.25) is 0 Å². The summed E-state index contributed by atoms with van der Waals surface area (Å²) in [5.74, 6) is 1.51. The summed E-state index contributed by atoms with van der Waals surface area (Å²) < 4.78 is 10.3. The fraction of sp³-hybridized carbons (Fsp3) is 0.286. The molecule has 3 N–H and O–H groups in total. The Morgan fingerprint density at radius 3 is 2.85 bits per heavy atom. The quantitative estimate of drug-likeness (QED) is 0.833. The number of pyridine rings is 1. The number of rotatable bonds is 4. The predicted octanol–water partition coefficient (Wildman–Crippen LogP) is 2.52. The van der Waals surface area contributed by atoms with Gasteiger partial charge in [0.05, 0.1) is 25.0 Å². The fourth-order valence-corrected chi connectivity index (χ4v) is 1.82. The summed E-state index contributed by atoms with van der Waals surface area (Å²) in [6.45, 7) is 3.79.